The van der Waals surface area contributed by atoms with Crippen molar-refractivity contribution in [2.45, 2.75) is 0 Å². The maximum absolute atomic E-state index is 8.69. The quantitative estimate of drug-likeness (QED) is 0.209. The van der Waals surface area contributed by atoms with E-state index in [0.29, 0.717) is 33.1 Å². The maximum Gasteiger partial charge on any atom is 0.164 e. The van der Waals surface area contributed by atoms with Gasteiger partial charge in [0.25, 0.3) is 0 Å². The number of nitrogens with zero attached hydrogens (tertiary/aromatic N) is 3. The summed E-state index contributed by atoms with van der Waals surface area (Å²) >= 11 is 0. The van der Waals surface area contributed by atoms with Gasteiger partial charge in [-0.2, -0.15) is 0 Å². The van der Waals surface area contributed by atoms with Gasteiger partial charge in [-0.15, -0.1) is 0 Å². The molecule has 44 heavy (non-hydrogen) atoms. The van der Waals surface area contributed by atoms with Crippen LogP contribution in [0, 0.1) is 0 Å². The molecule has 3 aromatic heterocycles. The van der Waals surface area contributed by atoms with Gasteiger partial charge in [-0.1, -0.05) is 121 Å². The van der Waals surface area contributed by atoms with Crippen molar-refractivity contribution in [1.29, 1.82) is 0 Å². The van der Waals surface area contributed by atoms with Crippen molar-refractivity contribution in [1.82, 2.24) is 15.0 Å². The molecule has 0 fully saturated rings. The van der Waals surface area contributed by atoms with Gasteiger partial charge in [0.2, 0.25) is 0 Å². The summed E-state index contributed by atoms with van der Waals surface area (Å²) in [6.45, 7) is 0. The van der Waals surface area contributed by atoms with Gasteiger partial charge in [-0.25, -0.2) is 15.0 Å². The second-order valence-electron chi connectivity index (χ2n) is 10.0. The van der Waals surface area contributed by atoms with Gasteiger partial charge in [-0.3, -0.25) is 0 Å². The van der Waals surface area contributed by atoms with E-state index in [9.17, 15) is 0 Å². The fourth-order valence-corrected chi connectivity index (χ4v) is 5.68. The molecule has 0 spiro atoms. The minimum absolute atomic E-state index is 0.0568. The monoisotopic (exact) mass is 575 g/mol. The number of fused-ring (bicyclic) bond motifs is 6. The normalized spacial score (nSPS) is 14.8. The smallest absolute Gasteiger partial charge is 0.164 e. The first-order valence-corrected chi connectivity index (χ1v) is 13.7. The fraction of sp³-hybridized carbons (Fsp3) is 0. The van der Waals surface area contributed by atoms with Crippen LogP contribution in [0.2, 0.25) is 0 Å². The van der Waals surface area contributed by atoms with Crippen LogP contribution in [0.3, 0.4) is 0 Å². The van der Waals surface area contributed by atoms with Crippen molar-refractivity contribution in [2.24, 2.45) is 0 Å². The Labute approximate surface area is 266 Å². The molecular formula is C39H23N3O2. The van der Waals surface area contributed by atoms with Crippen molar-refractivity contribution >= 4 is 43.9 Å². The Kier molecular flexibility index (Phi) is 3.66. The molecule has 0 amide bonds. The second kappa shape index (κ2) is 9.75. The Balaban J connectivity index is 1.39. The predicted octanol–water partition coefficient (Wildman–Crippen LogP) is 10.3. The van der Waals surface area contributed by atoms with E-state index in [1.54, 1.807) is 18.2 Å². The Morgan fingerprint density at radius 1 is 0.432 bits per heavy atom. The summed E-state index contributed by atoms with van der Waals surface area (Å²) < 4.78 is 97.0. The van der Waals surface area contributed by atoms with E-state index in [4.69, 9.17) is 22.5 Å². The molecule has 3 heterocycles. The maximum atomic E-state index is 8.69. The molecule has 0 bridgehead atoms. The lowest BCUT2D eigenvalue weighted by Crippen LogP contribution is -2.00. The van der Waals surface area contributed by atoms with Crippen LogP contribution in [-0.4, -0.2) is 15.0 Å². The summed E-state index contributed by atoms with van der Waals surface area (Å²) in [7, 11) is 0. The topological polar surface area (TPSA) is 65.0 Å². The molecule has 0 aliphatic carbocycles. The molecule has 9 aromatic rings. The Bertz CT molecular complexity index is 2940. The zero-order valence-electron chi connectivity index (χ0n) is 32.7. The Morgan fingerprint density at radius 3 is 1.66 bits per heavy atom. The first-order chi connectivity index (χ1) is 26.0. The third-order valence-electron chi connectivity index (χ3n) is 7.54. The van der Waals surface area contributed by atoms with Gasteiger partial charge in [0.15, 0.2) is 17.5 Å². The van der Waals surface area contributed by atoms with Crippen LogP contribution in [0.5, 0.6) is 0 Å². The fourth-order valence-electron chi connectivity index (χ4n) is 5.68. The summed E-state index contributed by atoms with van der Waals surface area (Å²) in [6.07, 6.45) is 0. The molecule has 0 unspecified atom stereocenters. The Morgan fingerprint density at radius 2 is 0.955 bits per heavy atom. The molecule has 0 N–H and O–H groups in total. The lowest BCUT2D eigenvalue weighted by Gasteiger charge is -2.10. The van der Waals surface area contributed by atoms with E-state index in [0.717, 1.165) is 27.5 Å². The van der Waals surface area contributed by atoms with Gasteiger partial charge in [-0.05, 0) is 23.8 Å². The van der Waals surface area contributed by atoms with E-state index in [1.807, 2.05) is 60.7 Å². The summed E-state index contributed by atoms with van der Waals surface area (Å²) in [5.41, 5.74) is 3.66. The summed E-state index contributed by atoms with van der Waals surface area (Å²) in [5, 5.41) is 3.15. The molecule has 0 aliphatic heterocycles. The number of rotatable bonds is 4. The van der Waals surface area contributed by atoms with Crippen LogP contribution >= 0.6 is 0 Å². The number of hydrogen-bond acceptors (Lipinski definition) is 5. The van der Waals surface area contributed by atoms with Gasteiger partial charge in [0.05, 0.1) is 13.7 Å². The molecular weight excluding hydrogens is 542 g/mol. The predicted molar refractivity (Wildman–Crippen MR) is 176 cm³/mol. The van der Waals surface area contributed by atoms with Crippen LogP contribution in [0.15, 0.2) is 148 Å². The van der Waals surface area contributed by atoms with Crippen LogP contribution in [-0.2, 0) is 0 Å². The first kappa shape index (κ1) is 16.5. The standard InChI is InChI=1S/C39H23N3O2/c1-3-12-24(13-4-1)37-40-38(25-14-5-2-6-15-25)42-39(41-37)30-20-11-23-33-35(30)34-27(17-10-22-32(34)43-33)29-19-9-18-28-26-16-7-8-21-31(26)44-36(28)29/h1-23H/i1D,2D,3D,4D,5D,6D,12D,13D,14D,15D. The van der Waals surface area contributed by atoms with E-state index >= 15 is 0 Å². The van der Waals surface area contributed by atoms with Gasteiger partial charge < -0.3 is 8.83 Å². The van der Waals surface area contributed by atoms with Crippen molar-refractivity contribution in [2.75, 3.05) is 0 Å². The number of aromatic nitrogens is 3. The SMILES string of the molecule is [2H]c1c([2H])c([2H])c(-c2nc(-c3c([2H])c([2H])c([2H])c([2H])c3[2H])nc(-c3cccc4oc5cccc(-c6cccc7c6oc6ccccc67)c5c34)n2)c([2H])c1[2H]. The molecule has 0 saturated carbocycles. The molecule has 206 valence electrons. The van der Waals surface area contributed by atoms with E-state index < -0.39 is 60.4 Å². The molecule has 6 aromatic carbocycles. The van der Waals surface area contributed by atoms with Gasteiger partial charge >= 0.3 is 0 Å². The highest BCUT2D eigenvalue weighted by molar-refractivity contribution is 6.20. The third kappa shape index (κ3) is 3.83. The molecule has 5 nitrogen and oxygen atoms in total. The number of para-hydroxylation sites is 2. The number of benzene rings is 6. The van der Waals surface area contributed by atoms with Crippen molar-refractivity contribution in [3.63, 3.8) is 0 Å². The second-order valence-corrected chi connectivity index (χ2v) is 10.0. The average Bonchev–Trinajstić information content (AvgIpc) is 3.77. The molecule has 0 radical (unpaired) electrons. The van der Waals surface area contributed by atoms with E-state index in [-0.39, 0.29) is 28.6 Å². The average molecular weight is 576 g/mol. The lowest BCUT2D eigenvalue weighted by atomic mass is 9.95. The van der Waals surface area contributed by atoms with Crippen molar-refractivity contribution < 1.29 is 22.5 Å². The van der Waals surface area contributed by atoms with E-state index in [2.05, 4.69) is 15.0 Å². The highest BCUT2D eigenvalue weighted by Gasteiger charge is 2.21. The van der Waals surface area contributed by atoms with Gasteiger partial charge in [0, 0.05) is 43.8 Å². The summed E-state index contributed by atoms with van der Waals surface area (Å²) in [5.74, 6) is -0.759. The summed E-state index contributed by atoms with van der Waals surface area (Å²) in [6, 6.07) is 18.5. The number of furan rings is 2. The van der Waals surface area contributed by atoms with E-state index in [1.165, 1.54) is 0 Å². The third-order valence-corrected chi connectivity index (χ3v) is 7.54. The number of hydrogen-bond donors (Lipinski definition) is 0. The minimum atomic E-state index is -0.621. The molecule has 5 heteroatoms. The molecule has 9 rings (SSSR count). The first-order valence-electron chi connectivity index (χ1n) is 18.7. The van der Waals surface area contributed by atoms with Crippen molar-refractivity contribution in [3.05, 3.63) is 139 Å². The summed E-state index contributed by atoms with van der Waals surface area (Å²) in [4.78, 5) is 13.8. The van der Waals surface area contributed by atoms with Crippen LogP contribution in [0.25, 0.3) is 89.2 Å². The zero-order valence-corrected chi connectivity index (χ0v) is 22.7. The highest BCUT2D eigenvalue weighted by atomic mass is 16.3. The minimum Gasteiger partial charge on any atom is -0.456 e. The van der Waals surface area contributed by atoms with Crippen LogP contribution in [0.1, 0.15) is 13.7 Å². The van der Waals surface area contributed by atoms with Crippen LogP contribution < -0.4 is 0 Å². The Hall–Kier alpha value is -6.07. The van der Waals surface area contributed by atoms with Crippen molar-refractivity contribution in [3.8, 4) is 45.3 Å². The molecule has 0 saturated heterocycles. The molecule has 0 atom stereocenters. The zero-order chi connectivity index (χ0) is 37.7. The lowest BCUT2D eigenvalue weighted by molar-refractivity contribution is 0.668. The molecule has 0 aliphatic rings. The highest BCUT2D eigenvalue weighted by Crippen LogP contribution is 2.44. The van der Waals surface area contributed by atoms with Crippen LogP contribution in [0.4, 0.5) is 0 Å². The van der Waals surface area contributed by atoms with Gasteiger partial charge in [0.1, 0.15) is 22.3 Å². The largest absolute Gasteiger partial charge is 0.456 e.